The van der Waals surface area contributed by atoms with Gasteiger partial charge in [0.1, 0.15) is 5.56 Å². The largest absolute Gasteiger partial charge is 0.437 e. The van der Waals surface area contributed by atoms with Crippen LogP contribution in [0.5, 0.6) is 11.6 Å². The number of pyridine rings is 2. The zero-order valence-corrected chi connectivity index (χ0v) is 24.1. The third-order valence-electron chi connectivity index (χ3n) is 6.14. The first-order valence-corrected chi connectivity index (χ1v) is 14.2. The summed E-state index contributed by atoms with van der Waals surface area (Å²) in [6.07, 6.45) is -3.48. The molecule has 3 rings (SSSR count). The Morgan fingerprint density at radius 2 is 1.83 bits per heavy atom. The number of nitrogens with one attached hydrogen (secondary N) is 1. The van der Waals surface area contributed by atoms with Crippen molar-refractivity contribution in [3.05, 3.63) is 58.8 Å². The van der Waals surface area contributed by atoms with Gasteiger partial charge in [0.25, 0.3) is 5.91 Å². The Balaban J connectivity index is 2.02. The lowest BCUT2D eigenvalue weighted by Gasteiger charge is -2.24. The smallest absolute Gasteiger partial charge is 0.420 e. The molecule has 2 unspecified atom stereocenters. The minimum absolute atomic E-state index is 0.0132. The lowest BCUT2D eigenvalue weighted by Crippen LogP contribution is -2.32. The minimum Gasteiger partial charge on any atom is -0.437 e. The van der Waals surface area contributed by atoms with Crippen molar-refractivity contribution in [2.45, 2.75) is 70.3 Å². The number of amides is 1. The Morgan fingerprint density at radius 1 is 1.17 bits per heavy atom. The fourth-order valence-corrected chi connectivity index (χ4v) is 4.74. The van der Waals surface area contributed by atoms with E-state index < -0.39 is 63.1 Å². The van der Waals surface area contributed by atoms with Crippen LogP contribution in [0.4, 0.5) is 13.2 Å². The average Bonchev–Trinajstić information content (AvgIpc) is 3.22. The summed E-state index contributed by atoms with van der Waals surface area (Å²) in [5.41, 5.74) is -2.46. The van der Waals surface area contributed by atoms with E-state index in [-0.39, 0.29) is 33.5 Å². The zero-order valence-electron chi connectivity index (χ0n) is 23.3. The summed E-state index contributed by atoms with van der Waals surface area (Å²) < 4.78 is 73.2. The summed E-state index contributed by atoms with van der Waals surface area (Å²) in [4.78, 5) is 21.1. The van der Waals surface area contributed by atoms with Gasteiger partial charge in [0.05, 0.1) is 46.8 Å². The lowest BCUT2D eigenvalue weighted by molar-refractivity contribution is -0.140. The molecule has 0 aliphatic carbocycles. The highest BCUT2D eigenvalue weighted by Gasteiger charge is 2.40. The number of carbonyl (C=O) groups is 1. The molecule has 0 spiro atoms. The summed E-state index contributed by atoms with van der Waals surface area (Å²) in [6.45, 7) is 8.62. The number of hydrogen-bond donors (Lipinski definition) is 3. The van der Waals surface area contributed by atoms with Crippen LogP contribution < -0.4 is 10.1 Å². The number of aliphatic hydroxyl groups is 2. The molecule has 3 aromatic rings. The molecule has 0 aliphatic rings. The summed E-state index contributed by atoms with van der Waals surface area (Å²) >= 11 is 0. The van der Waals surface area contributed by atoms with Gasteiger partial charge in [0.15, 0.2) is 21.3 Å². The van der Waals surface area contributed by atoms with Crippen molar-refractivity contribution in [1.82, 2.24) is 25.1 Å². The maximum absolute atomic E-state index is 14.0. The minimum atomic E-state index is -4.89. The molecule has 0 saturated heterocycles. The molecule has 0 bridgehead atoms. The third kappa shape index (κ3) is 6.85. The Labute approximate surface area is 235 Å². The van der Waals surface area contributed by atoms with Crippen molar-refractivity contribution >= 4 is 15.7 Å². The first kappa shape index (κ1) is 32.0. The maximum Gasteiger partial charge on any atom is 0.420 e. The number of hydrogen-bond acceptors (Lipinski definition) is 9. The summed E-state index contributed by atoms with van der Waals surface area (Å²) in [5.74, 6) is -1.76. The highest BCUT2D eigenvalue weighted by molar-refractivity contribution is 7.91. The van der Waals surface area contributed by atoms with Crippen molar-refractivity contribution in [3.63, 3.8) is 0 Å². The number of sulfone groups is 1. The van der Waals surface area contributed by atoms with Crippen LogP contribution in [0, 0.1) is 6.92 Å². The number of aliphatic hydroxyl groups excluding tert-OH is 2. The van der Waals surface area contributed by atoms with Gasteiger partial charge < -0.3 is 20.3 Å². The number of halogens is 3. The van der Waals surface area contributed by atoms with E-state index in [1.807, 2.05) is 0 Å². The van der Waals surface area contributed by atoms with E-state index in [0.29, 0.717) is 0 Å². The molecule has 15 heteroatoms. The van der Waals surface area contributed by atoms with E-state index in [2.05, 4.69) is 20.4 Å². The standard InChI is InChI=1S/C26H32F3N5O6S/c1-7-41(38,39)16-8-9-18(31-10-16)19(13-35)32-23(37)22-14(2)24(34(33-22)25(4,5)6)40-20-12-30-11-17(15(3)36)21(20)26(27,28)29/h8-12,15,19,35-36H,7,13H2,1-6H3,(H,32,37). The van der Waals surface area contributed by atoms with Crippen molar-refractivity contribution in [3.8, 4) is 11.6 Å². The highest BCUT2D eigenvalue weighted by Crippen LogP contribution is 2.43. The Bertz CT molecular complexity index is 1510. The van der Waals surface area contributed by atoms with Crippen LogP contribution in [-0.4, -0.2) is 56.6 Å². The zero-order chi connectivity index (χ0) is 30.9. The SMILES string of the molecule is CCS(=O)(=O)c1ccc(C(CO)NC(=O)c2nn(C(C)(C)C)c(Oc3cncc(C(C)O)c3C(F)(F)F)c2C)nc1. The number of nitrogens with zero attached hydrogens (tertiary/aromatic N) is 4. The molecule has 3 heterocycles. The number of rotatable bonds is 9. The van der Waals surface area contributed by atoms with Crippen LogP contribution in [0.25, 0.3) is 0 Å². The van der Waals surface area contributed by atoms with Crippen LogP contribution >= 0.6 is 0 Å². The highest BCUT2D eigenvalue weighted by atomic mass is 32.2. The Kier molecular flexibility index (Phi) is 9.15. The molecule has 2 atom stereocenters. The normalized spacial score (nSPS) is 14.0. The van der Waals surface area contributed by atoms with Gasteiger partial charge >= 0.3 is 6.18 Å². The molecular formula is C26H32F3N5O6S. The fraction of sp³-hybridized carbons (Fsp3) is 0.462. The maximum atomic E-state index is 14.0. The van der Waals surface area contributed by atoms with Crippen LogP contribution in [0.2, 0.25) is 0 Å². The lowest BCUT2D eigenvalue weighted by atomic mass is 10.0. The first-order valence-electron chi connectivity index (χ1n) is 12.5. The van der Waals surface area contributed by atoms with Gasteiger partial charge in [-0.15, -0.1) is 0 Å². The predicted octanol–water partition coefficient (Wildman–Crippen LogP) is 3.86. The summed E-state index contributed by atoms with van der Waals surface area (Å²) in [5, 5.41) is 26.7. The number of aromatic nitrogens is 4. The van der Waals surface area contributed by atoms with Crippen LogP contribution in [0.1, 0.15) is 79.6 Å². The van der Waals surface area contributed by atoms with Crippen molar-refractivity contribution in [2.24, 2.45) is 0 Å². The van der Waals surface area contributed by atoms with Crippen LogP contribution in [-0.2, 0) is 21.6 Å². The van der Waals surface area contributed by atoms with E-state index >= 15 is 0 Å². The van der Waals surface area contributed by atoms with Crippen molar-refractivity contribution in [1.29, 1.82) is 0 Å². The number of carbonyl (C=O) groups excluding carboxylic acids is 1. The molecular weight excluding hydrogens is 567 g/mol. The molecule has 1 amide bonds. The first-order chi connectivity index (χ1) is 18.9. The average molecular weight is 600 g/mol. The second-order valence-electron chi connectivity index (χ2n) is 10.3. The van der Waals surface area contributed by atoms with E-state index in [9.17, 15) is 36.6 Å². The number of alkyl halides is 3. The van der Waals surface area contributed by atoms with Crippen LogP contribution in [0.15, 0.2) is 35.6 Å². The Hall–Kier alpha value is -3.56. The quantitative estimate of drug-likeness (QED) is 0.332. The van der Waals surface area contributed by atoms with Gasteiger partial charge in [0, 0.05) is 23.5 Å². The topological polar surface area (TPSA) is 157 Å². The van der Waals surface area contributed by atoms with E-state index in [1.54, 1.807) is 20.8 Å². The van der Waals surface area contributed by atoms with Gasteiger partial charge in [-0.2, -0.15) is 18.3 Å². The van der Waals surface area contributed by atoms with Gasteiger partial charge in [-0.1, -0.05) is 6.92 Å². The second kappa shape index (κ2) is 11.7. The van der Waals surface area contributed by atoms with E-state index in [1.165, 1.54) is 37.6 Å². The number of ether oxygens (including phenoxy) is 1. The molecule has 0 aromatic carbocycles. The Morgan fingerprint density at radius 3 is 2.32 bits per heavy atom. The van der Waals surface area contributed by atoms with E-state index in [4.69, 9.17) is 4.74 Å². The molecule has 0 fully saturated rings. The molecule has 3 aromatic heterocycles. The van der Waals surface area contributed by atoms with Gasteiger partial charge in [-0.25, -0.2) is 13.1 Å². The molecule has 11 nitrogen and oxygen atoms in total. The monoisotopic (exact) mass is 599 g/mol. The summed E-state index contributed by atoms with van der Waals surface area (Å²) in [6, 6.07) is 1.63. The molecule has 0 saturated carbocycles. The molecule has 41 heavy (non-hydrogen) atoms. The van der Waals surface area contributed by atoms with E-state index in [0.717, 1.165) is 18.6 Å². The molecule has 0 radical (unpaired) electrons. The van der Waals surface area contributed by atoms with Crippen molar-refractivity contribution < 1.29 is 41.3 Å². The molecule has 224 valence electrons. The predicted molar refractivity (Wildman–Crippen MR) is 141 cm³/mol. The third-order valence-corrected chi connectivity index (χ3v) is 7.86. The van der Waals surface area contributed by atoms with Gasteiger partial charge in [0.2, 0.25) is 5.88 Å². The fourth-order valence-electron chi connectivity index (χ4n) is 3.92. The second-order valence-corrected chi connectivity index (χ2v) is 12.5. The molecule has 3 N–H and O–H groups in total. The summed E-state index contributed by atoms with van der Waals surface area (Å²) in [7, 11) is -3.51. The molecule has 0 aliphatic heterocycles. The van der Waals surface area contributed by atoms with Crippen molar-refractivity contribution in [2.75, 3.05) is 12.4 Å². The van der Waals surface area contributed by atoms with Gasteiger partial charge in [-0.3, -0.25) is 14.8 Å². The van der Waals surface area contributed by atoms with Crippen LogP contribution in [0.3, 0.4) is 0 Å². The van der Waals surface area contributed by atoms with Gasteiger partial charge in [-0.05, 0) is 46.8 Å².